The molecule has 0 unspecified atom stereocenters. The first-order valence-corrected chi connectivity index (χ1v) is 4.73. The molecule has 3 heteroatoms. The van der Waals surface area contributed by atoms with Crippen molar-refractivity contribution < 1.29 is 9.90 Å². The second-order valence-electron chi connectivity index (χ2n) is 2.67. The standard InChI is InChI=1S/C6H12.C2H4O2S/c1-2-4-6-5-3-1;3-2(4)1-5/h1-6H2;5H,1H2,(H,3,4). The molecule has 1 N–H and O–H groups in total. The minimum atomic E-state index is -0.881. The molecule has 1 rings (SSSR count). The van der Waals surface area contributed by atoms with Gasteiger partial charge in [0.2, 0.25) is 0 Å². The van der Waals surface area contributed by atoms with Crippen molar-refractivity contribution in [1.82, 2.24) is 0 Å². The van der Waals surface area contributed by atoms with Crippen LogP contribution in [0.25, 0.3) is 0 Å². The summed E-state index contributed by atoms with van der Waals surface area (Å²) in [7, 11) is 0. The average Bonchev–Trinajstić information content (AvgIpc) is 2.09. The van der Waals surface area contributed by atoms with Crippen LogP contribution in [-0.4, -0.2) is 16.8 Å². The number of carbonyl (C=O) groups is 1. The second-order valence-corrected chi connectivity index (χ2v) is 2.99. The van der Waals surface area contributed by atoms with Crippen molar-refractivity contribution >= 4 is 18.6 Å². The van der Waals surface area contributed by atoms with Crippen LogP contribution in [0.1, 0.15) is 38.5 Å². The summed E-state index contributed by atoms with van der Waals surface area (Å²) in [5.41, 5.74) is 0. The normalized spacial score (nSPS) is 16.5. The van der Waals surface area contributed by atoms with Gasteiger partial charge in [-0.15, -0.1) is 0 Å². The summed E-state index contributed by atoms with van der Waals surface area (Å²) in [6, 6.07) is 0. The summed E-state index contributed by atoms with van der Waals surface area (Å²) in [5, 5.41) is 7.65. The molecule has 0 bridgehead atoms. The van der Waals surface area contributed by atoms with Gasteiger partial charge in [0, 0.05) is 0 Å². The largest absolute Gasteiger partial charge is 0.481 e. The first-order chi connectivity index (χ1) is 5.27. The SMILES string of the molecule is C1CCCCC1.O=C(O)CS. The Morgan fingerprint density at radius 2 is 1.27 bits per heavy atom. The zero-order chi connectivity index (χ0) is 8.53. The van der Waals surface area contributed by atoms with Gasteiger partial charge in [-0.3, -0.25) is 4.79 Å². The van der Waals surface area contributed by atoms with Gasteiger partial charge in [0.25, 0.3) is 0 Å². The number of hydrogen-bond acceptors (Lipinski definition) is 2. The third-order valence-corrected chi connectivity index (χ3v) is 1.91. The lowest BCUT2D eigenvalue weighted by Gasteiger charge is -2.05. The fourth-order valence-corrected chi connectivity index (χ4v) is 1.06. The number of carboxylic acids is 1. The average molecular weight is 176 g/mol. The van der Waals surface area contributed by atoms with Crippen LogP contribution in [0.15, 0.2) is 0 Å². The Kier molecular flexibility index (Phi) is 7.79. The van der Waals surface area contributed by atoms with E-state index in [1.165, 1.54) is 38.5 Å². The Morgan fingerprint density at radius 3 is 1.36 bits per heavy atom. The molecule has 0 aromatic rings. The molecule has 0 amide bonds. The molecule has 11 heavy (non-hydrogen) atoms. The summed E-state index contributed by atoms with van der Waals surface area (Å²) >= 11 is 3.42. The first kappa shape index (κ1) is 10.8. The molecule has 0 radical (unpaired) electrons. The highest BCUT2D eigenvalue weighted by Crippen LogP contribution is 2.15. The number of rotatable bonds is 1. The van der Waals surface area contributed by atoms with Gasteiger partial charge < -0.3 is 5.11 Å². The predicted octanol–water partition coefficient (Wildman–Crippen LogP) is 2.34. The predicted molar refractivity (Wildman–Crippen MR) is 49.2 cm³/mol. The summed E-state index contributed by atoms with van der Waals surface area (Å²) in [4.78, 5) is 9.29. The Morgan fingerprint density at radius 1 is 1.09 bits per heavy atom. The Hall–Kier alpha value is -0.180. The monoisotopic (exact) mass is 176 g/mol. The summed E-state index contributed by atoms with van der Waals surface area (Å²) in [6.07, 6.45) is 9.00. The van der Waals surface area contributed by atoms with E-state index in [0.29, 0.717) is 0 Å². The number of hydrogen-bond donors (Lipinski definition) is 2. The van der Waals surface area contributed by atoms with Crippen LogP contribution in [0.2, 0.25) is 0 Å². The van der Waals surface area contributed by atoms with Crippen molar-refractivity contribution in [1.29, 1.82) is 0 Å². The van der Waals surface area contributed by atoms with Crippen LogP contribution in [0.3, 0.4) is 0 Å². The molecule has 1 fully saturated rings. The maximum Gasteiger partial charge on any atom is 0.313 e. The zero-order valence-electron chi connectivity index (χ0n) is 6.75. The van der Waals surface area contributed by atoms with E-state index in [4.69, 9.17) is 5.11 Å². The lowest BCUT2D eigenvalue weighted by atomic mass is 10.0. The third kappa shape index (κ3) is 9.82. The molecular formula is C8H16O2S. The number of carboxylic acid groups (broad SMARTS) is 1. The van der Waals surface area contributed by atoms with Gasteiger partial charge in [0.15, 0.2) is 0 Å². The molecule has 0 saturated heterocycles. The molecule has 1 saturated carbocycles. The van der Waals surface area contributed by atoms with Gasteiger partial charge in [-0.25, -0.2) is 0 Å². The molecule has 0 aromatic heterocycles. The van der Waals surface area contributed by atoms with Crippen LogP contribution in [0.5, 0.6) is 0 Å². The quantitative estimate of drug-likeness (QED) is 0.602. The molecular weight excluding hydrogens is 160 g/mol. The van der Waals surface area contributed by atoms with Crippen molar-refractivity contribution in [2.24, 2.45) is 0 Å². The number of aliphatic carboxylic acids is 1. The molecule has 1 aliphatic rings. The molecule has 66 valence electrons. The molecule has 0 aromatic carbocycles. The highest BCUT2D eigenvalue weighted by atomic mass is 32.1. The van der Waals surface area contributed by atoms with E-state index in [0.717, 1.165) is 0 Å². The fraction of sp³-hybridized carbons (Fsp3) is 0.875. The van der Waals surface area contributed by atoms with Crippen molar-refractivity contribution in [2.75, 3.05) is 5.75 Å². The molecule has 1 aliphatic carbocycles. The van der Waals surface area contributed by atoms with Crippen molar-refractivity contribution in [3.8, 4) is 0 Å². The van der Waals surface area contributed by atoms with Crippen LogP contribution in [0, 0.1) is 0 Å². The summed E-state index contributed by atoms with van der Waals surface area (Å²) in [5.74, 6) is -0.965. The highest BCUT2D eigenvalue weighted by Gasteiger charge is 1.95. The molecule has 0 aliphatic heterocycles. The van der Waals surface area contributed by atoms with E-state index < -0.39 is 5.97 Å². The molecule has 0 atom stereocenters. The molecule has 2 nitrogen and oxygen atoms in total. The van der Waals surface area contributed by atoms with Crippen LogP contribution in [0.4, 0.5) is 0 Å². The fourth-order valence-electron chi connectivity index (χ4n) is 1.06. The van der Waals surface area contributed by atoms with E-state index in [-0.39, 0.29) is 5.75 Å². The maximum atomic E-state index is 9.29. The second kappa shape index (κ2) is 7.92. The van der Waals surface area contributed by atoms with Crippen LogP contribution in [-0.2, 0) is 4.79 Å². The zero-order valence-corrected chi connectivity index (χ0v) is 7.65. The first-order valence-electron chi connectivity index (χ1n) is 4.10. The Labute approximate surface area is 73.4 Å². The lowest BCUT2D eigenvalue weighted by Crippen LogP contribution is -1.92. The maximum absolute atomic E-state index is 9.29. The lowest BCUT2D eigenvalue weighted by molar-refractivity contribution is -0.133. The van der Waals surface area contributed by atoms with Crippen LogP contribution < -0.4 is 0 Å². The minimum Gasteiger partial charge on any atom is -0.481 e. The Bertz CT molecular complexity index is 88.8. The van der Waals surface area contributed by atoms with E-state index in [2.05, 4.69) is 12.6 Å². The van der Waals surface area contributed by atoms with Crippen molar-refractivity contribution in [2.45, 2.75) is 38.5 Å². The number of thiol groups is 1. The van der Waals surface area contributed by atoms with Gasteiger partial charge in [-0.1, -0.05) is 38.5 Å². The summed E-state index contributed by atoms with van der Waals surface area (Å²) in [6.45, 7) is 0. The Balaban J connectivity index is 0.000000187. The van der Waals surface area contributed by atoms with E-state index >= 15 is 0 Å². The van der Waals surface area contributed by atoms with Gasteiger partial charge in [-0.05, 0) is 0 Å². The van der Waals surface area contributed by atoms with Gasteiger partial charge in [0.05, 0.1) is 5.75 Å². The summed E-state index contributed by atoms with van der Waals surface area (Å²) < 4.78 is 0. The van der Waals surface area contributed by atoms with Crippen molar-refractivity contribution in [3.05, 3.63) is 0 Å². The van der Waals surface area contributed by atoms with Gasteiger partial charge >= 0.3 is 5.97 Å². The topological polar surface area (TPSA) is 37.3 Å². The van der Waals surface area contributed by atoms with Crippen molar-refractivity contribution in [3.63, 3.8) is 0 Å². The molecule has 0 spiro atoms. The smallest absolute Gasteiger partial charge is 0.313 e. The van der Waals surface area contributed by atoms with E-state index in [9.17, 15) is 4.79 Å². The highest BCUT2D eigenvalue weighted by molar-refractivity contribution is 7.81. The minimum absolute atomic E-state index is 0.0833. The van der Waals surface area contributed by atoms with E-state index in [1.54, 1.807) is 0 Å². The van der Waals surface area contributed by atoms with E-state index in [1.807, 2.05) is 0 Å². The third-order valence-electron chi connectivity index (χ3n) is 1.64. The van der Waals surface area contributed by atoms with Gasteiger partial charge in [-0.2, -0.15) is 12.6 Å². The molecule has 0 heterocycles. The van der Waals surface area contributed by atoms with Gasteiger partial charge in [0.1, 0.15) is 0 Å². The van der Waals surface area contributed by atoms with Crippen LogP contribution >= 0.6 is 12.6 Å².